The molecule has 0 aromatic carbocycles. The van der Waals surface area contributed by atoms with E-state index in [9.17, 15) is 24.3 Å². The number of likely N-dealkylation sites (tertiary alicyclic amines) is 1. The van der Waals surface area contributed by atoms with Crippen molar-refractivity contribution in [3.8, 4) is 0 Å². The summed E-state index contributed by atoms with van der Waals surface area (Å²) in [6, 6.07) is 2.82. The minimum absolute atomic E-state index is 0.0955. The number of aliphatic carboxylic acids is 1. The number of nitrogens with one attached hydrogen (secondary N) is 2. The molecular formula is C22H32N6O6. The average Bonchev–Trinajstić information content (AvgIpc) is 3.31. The van der Waals surface area contributed by atoms with Gasteiger partial charge in [-0.05, 0) is 43.7 Å². The van der Waals surface area contributed by atoms with Crippen LogP contribution in [0, 0.1) is 11.3 Å². The average molecular weight is 477 g/mol. The number of carboxylic acids is 1. The van der Waals surface area contributed by atoms with Crippen molar-refractivity contribution in [1.82, 2.24) is 15.2 Å². The highest BCUT2D eigenvalue weighted by Gasteiger charge is 2.54. The number of aromatic nitrogens is 1. The molecule has 3 amide bonds. The molecule has 1 aliphatic carbocycles. The zero-order valence-corrected chi connectivity index (χ0v) is 19.2. The predicted molar refractivity (Wildman–Crippen MR) is 122 cm³/mol. The first-order valence-electron chi connectivity index (χ1n) is 11.1. The van der Waals surface area contributed by atoms with Crippen LogP contribution in [0.15, 0.2) is 18.3 Å². The van der Waals surface area contributed by atoms with Crippen LogP contribution >= 0.6 is 0 Å². The summed E-state index contributed by atoms with van der Waals surface area (Å²) in [7, 11) is 1.19. The van der Waals surface area contributed by atoms with E-state index in [0.717, 1.165) is 32.1 Å². The number of amides is 3. The molecule has 0 bridgehead atoms. The second-order valence-corrected chi connectivity index (χ2v) is 8.21. The van der Waals surface area contributed by atoms with Gasteiger partial charge in [0.2, 0.25) is 11.8 Å². The van der Waals surface area contributed by atoms with Gasteiger partial charge < -0.3 is 26.2 Å². The standard InChI is InChI=1S/C13H22N2O3.C9H10N4O3/c14-9-11(16)15-8-4-7-13(15,12(17)18)10-5-2-1-3-6-10;1-16-9(15)13-7(10)6-3-2-5(4-12-6)8(11)14/h10H,1-9,14H2,(H,17,18);2-4H,1H3,(H2,11,14)(H2,10,13,15)/t13-;/m1./s1. The SMILES string of the molecule is COC(=O)NC(=N)c1ccc(C(N)=O)cn1.NCC(=O)N1CCC[C@]1(C(=O)O)C1CCCCC1. The van der Waals surface area contributed by atoms with E-state index in [1.165, 1.54) is 31.9 Å². The predicted octanol–water partition coefficient (Wildman–Crippen LogP) is 0.833. The summed E-state index contributed by atoms with van der Waals surface area (Å²) in [5, 5.41) is 19.3. The first-order chi connectivity index (χ1) is 16.2. The van der Waals surface area contributed by atoms with Crippen molar-refractivity contribution in [2.24, 2.45) is 17.4 Å². The molecule has 0 spiro atoms. The van der Waals surface area contributed by atoms with Crippen LogP contribution in [0.2, 0.25) is 0 Å². The maximum Gasteiger partial charge on any atom is 0.412 e. The van der Waals surface area contributed by atoms with E-state index in [0.29, 0.717) is 13.0 Å². The van der Waals surface area contributed by atoms with Gasteiger partial charge in [0, 0.05) is 12.7 Å². The third-order valence-corrected chi connectivity index (χ3v) is 6.26. The quantitative estimate of drug-likeness (QED) is 0.303. The maximum atomic E-state index is 11.9. The van der Waals surface area contributed by atoms with Gasteiger partial charge >= 0.3 is 12.1 Å². The highest BCUT2D eigenvalue weighted by Crippen LogP contribution is 2.43. The van der Waals surface area contributed by atoms with Gasteiger partial charge in [-0.1, -0.05) is 19.3 Å². The van der Waals surface area contributed by atoms with E-state index in [1.807, 2.05) is 0 Å². The summed E-state index contributed by atoms with van der Waals surface area (Å²) >= 11 is 0. The molecule has 1 saturated heterocycles. The third-order valence-electron chi connectivity index (χ3n) is 6.26. The van der Waals surface area contributed by atoms with Gasteiger partial charge in [-0.2, -0.15) is 0 Å². The lowest BCUT2D eigenvalue weighted by Crippen LogP contribution is -2.59. The van der Waals surface area contributed by atoms with E-state index < -0.39 is 23.5 Å². The number of carbonyl (C=O) groups excluding carboxylic acids is 3. The summed E-state index contributed by atoms with van der Waals surface area (Å²) in [5.74, 6) is -1.79. The molecule has 1 atom stereocenters. The monoisotopic (exact) mass is 476 g/mol. The fourth-order valence-electron chi connectivity index (χ4n) is 4.60. The second kappa shape index (κ2) is 12.1. The highest BCUT2D eigenvalue weighted by molar-refractivity contribution is 6.03. The number of rotatable bonds is 5. The Bertz CT molecular complexity index is 915. The molecule has 7 N–H and O–H groups in total. The Kier molecular flexibility index (Phi) is 9.48. The summed E-state index contributed by atoms with van der Waals surface area (Å²) in [4.78, 5) is 50.6. The third kappa shape index (κ3) is 6.07. The minimum Gasteiger partial charge on any atom is -0.479 e. The molecule has 1 aromatic heterocycles. The van der Waals surface area contributed by atoms with Gasteiger partial charge in [0.25, 0.3) is 0 Å². The molecular weight excluding hydrogens is 444 g/mol. The van der Waals surface area contributed by atoms with Gasteiger partial charge in [-0.15, -0.1) is 0 Å². The Morgan fingerprint density at radius 2 is 1.91 bits per heavy atom. The van der Waals surface area contributed by atoms with Crippen molar-refractivity contribution in [1.29, 1.82) is 5.41 Å². The smallest absolute Gasteiger partial charge is 0.412 e. The highest BCUT2D eigenvalue weighted by atomic mass is 16.5. The molecule has 1 saturated carbocycles. The summed E-state index contributed by atoms with van der Waals surface area (Å²) in [5.41, 5.74) is 9.90. The number of hydrogen-bond donors (Lipinski definition) is 5. The lowest BCUT2D eigenvalue weighted by molar-refractivity contribution is -0.161. The van der Waals surface area contributed by atoms with Gasteiger partial charge in [0.05, 0.1) is 19.2 Å². The number of pyridine rings is 1. The number of alkyl carbamates (subject to hydrolysis) is 1. The number of amidine groups is 1. The second-order valence-electron chi connectivity index (χ2n) is 8.21. The van der Waals surface area contributed by atoms with Crippen LogP contribution in [0.25, 0.3) is 0 Å². The first-order valence-corrected chi connectivity index (χ1v) is 11.1. The van der Waals surface area contributed by atoms with Crippen LogP contribution < -0.4 is 16.8 Å². The van der Waals surface area contributed by atoms with E-state index >= 15 is 0 Å². The maximum absolute atomic E-state index is 11.9. The van der Waals surface area contributed by atoms with Crippen molar-refractivity contribution < 1.29 is 29.0 Å². The van der Waals surface area contributed by atoms with Gasteiger partial charge in [0.15, 0.2) is 5.84 Å². The van der Waals surface area contributed by atoms with E-state index in [-0.39, 0.29) is 35.5 Å². The molecule has 186 valence electrons. The number of methoxy groups -OCH3 is 1. The Morgan fingerprint density at radius 1 is 1.24 bits per heavy atom. The summed E-state index contributed by atoms with van der Waals surface area (Å²) < 4.78 is 4.31. The summed E-state index contributed by atoms with van der Waals surface area (Å²) in [6.45, 7) is 0.445. The van der Waals surface area contributed by atoms with E-state index in [1.54, 1.807) is 4.90 Å². The van der Waals surface area contributed by atoms with Crippen molar-refractivity contribution in [3.05, 3.63) is 29.6 Å². The molecule has 12 heteroatoms. The molecule has 2 fully saturated rings. The number of carbonyl (C=O) groups is 4. The van der Waals surface area contributed by atoms with Crippen LogP contribution in [0.1, 0.15) is 61.0 Å². The Morgan fingerprint density at radius 3 is 2.41 bits per heavy atom. The zero-order valence-electron chi connectivity index (χ0n) is 19.2. The van der Waals surface area contributed by atoms with E-state index in [4.69, 9.17) is 16.9 Å². The Balaban J connectivity index is 0.000000242. The topological polar surface area (TPSA) is 202 Å². The molecule has 2 aliphatic rings. The van der Waals surface area contributed by atoms with Crippen molar-refractivity contribution in [2.75, 3.05) is 20.2 Å². The number of primary amides is 1. The molecule has 34 heavy (non-hydrogen) atoms. The summed E-state index contributed by atoms with van der Waals surface area (Å²) in [6.07, 6.45) is 6.98. The lowest BCUT2D eigenvalue weighted by atomic mass is 9.73. The van der Waals surface area contributed by atoms with Crippen LogP contribution in [0.4, 0.5) is 4.79 Å². The number of ether oxygens (including phenoxy) is 1. The van der Waals surface area contributed by atoms with Gasteiger partial charge in [-0.3, -0.25) is 25.3 Å². The van der Waals surface area contributed by atoms with Crippen molar-refractivity contribution in [3.63, 3.8) is 0 Å². The number of carboxylic acid groups (broad SMARTS) is 1. The molecule has 3 rings (SSSR count). The van der Waals surface area contributed by atoms with Crippen LogP contribution in [-0.4, -0.2) is 70.4 Å². The molecule has 2 heterocycles. The fourth-order valence-corrected chi connectivity index (χ4v) is 4.60. The number of hydrogen-bond acceptors (Lipinski definition) is 8. The van der Waals surface area contributed by atoms with Crippen molar-refractivity contribution in [2.45, 2.75) is 50.5 Å². The largest absolute Gasteiger partial charge is 0.479 e. The van der Waals surface area contributed by atoms with Gasteiger partial charge in [0.1, 0.15) is 11.2 Å². The molecule has 0 radical (unpaired) electrons. The number of nitrogens with two attached hydrogens (primary N) is 2. The van der Waals surface area contributed by atoms with Crippen molar-refractivity contribution >= 4 is 29.7 Å². The molecule has 0 unspecified atom stereocenters. The fraction of sp³-hybridized carbons (Fsp3) is 0.545. The molecule has 1 aliphatic heterocycles. The molecule has 1 aromatic rings. The first kappa shape index (κ1) is 26.7. The Hall–Kier alpha value is -3.54. The number of nitrogens with zero attached hydrogens (tertiary/aromatic N) is 2. The van der Waals surface area contributed by atoms with Crippen LogP contribution in [0.5, 0.6) is 0 Å². The van der Waals surface area contributed by atoms with Gasteiger partial charge in [-0.25, -0.2) is 9.59 Å². The normalized spacial score (nSPS) is 20.0. The van der Waals surface area contributed by atoms with Crippen LogP contribution in [-0.2, 0) is 14.3 Å². The minimum atomic E-state index is -0.975. The van der Waals surface area contributed by atoms with Crippen LogP contribution in [0.3, 0.4) is 0 Å². The van der Waals surface area contributed by atoms with E-state index in [2.05, 4.69) is 15.0 Å². The zero-order chi connectivity index (χ0) is 25.3. The Labute approximate surface area is 197 Å². The molecule has 12 nitrogen and oxygen atoms in total. The lowest BCUT2D eigenvalue weighted by Gasteiger charge is -2.42.